The van der Waals surface area contributed by atoms with Gasteiger partial charge in [-0.25, -0.2) is 4.79 Å². The lowest BCUT2D eigenvalue weighted by atomic mass is 9.93. The fourth-order valence-corrected chi connectivity index (χ4v) is 2.80. The van der Waals surface area contributed by atoms with Gasteiger partial charge in [-0.2, -0.15) is 11.3 Å². The first-order chi connectivity index (χ1) is 8.33. The van der Waals surface area contributed by atoms with E-state index in [2.05, 4.69) is 22.1 Å². The lowest BCUT2D eigenvalue weighted by Crippen LogP contribution is -2.47. The van der Waals surface area contributed by atoms with Gasteiger partial charge in [0.1, 0.15) is 0 Å². The van der Waals surface area contributed by atoms with Gasteiger partial charge in [-0.3, -0.25) is 0 Å². The number of hydrogen-bond donors (Lipinski definition) is 1. The fourth-order valence-electron chi connectivity index (χ4n) is 2.14. The van der Waals surface area contributed by atoms with Crippen molar-refractivity contribution in [2.45, 2.75) is 50.7 Å². The maximum atomic E-state index is 12.2. The molecule has 0 unspecified atom stereocenters. The van der Waals surface area contributed by atoms with Gasteiger partial charge in [0.15, 0.2) is 0 Å². The smallest absolute Gasteiger partial charge is 0.318 e. The van der Waals surface area contributed by atoms with Crippen LogP contribution in [-0.2, 0) is 6.54 Å². The minimum absolute atomic E-state index is 0.142. The first-order valence-corrected chi connectivity index (χ1v) is 7.35. The highest BCUT2D eigenvalue weighted by molar-refractivity contribution is 7.07. The summed E-state index contributed by atoms with van der Waals surface area (Å²) in [5.41, 5.74) is 1.26. The second-order valence-corrected chi connectivity index (χ2v) is 5.85. The van der Waals surface area contributed by atoms with Crippen LogP contribution in [-0.4, -0.2) is 23.0 Å². The summed E-state index contributed by atoms with van der Waals surface area (Å²) >= 11 is 1.70. The second kappa shape index (κ2) is 4.69. The van der Waals surface area contributed by atoms with E-state index in [-0.39, 0.29) is 6.03 Å². The Labute approximate surface area is 106 Å². The largest absolute Gasteiger partial charge is 0.335 e. The fraction of sp³-hybridized carbons (Fsp3) is 0.615. The van der Waals surface area contributed by atoms with Crippen molar-refractivity contribution in [1.29, 1.82) is 0 Å². The van der Waals surface area contributed by atoms with E-state index in [0.717, 1.165) is 19.4 Å². The Bertz CT molecular complexity index is 382. The lowest BCUT2D eigenvalue weighted by molar-refractivity contribution is 0.180. The molecule has 17 heavy (non-hydrogen) atoms. The summed E-state index contributed by atoms with van der Waals surface area (Å²) in [6.45, 7) is 0.771. The van der Waals surface area contributed by atoms with Crippen LogP contribution in [0.2, 0.25) is 0 Å². The summed E-state index contributed by atoms with van der Waals surface area (Å²) in [7, 11) is 0. The minimum atomic E-state index is 0.142. The molecule has 0 saturated heterocycles. The predicted molar refractivity (Wildman–Crippen MR) is 69.1 cm³/mol. The quantitative estimate of drug-likeness (QED) is 0.875. The molecule has 2 amide bonds. The molecular formula is C13H18N2OS. The number of nitrogens with zero attached hydrogens (tertiary/aromatic N) is 1. The van der Waals surface area contributed by atoms with Crippen LogP contribution in [0.5, 0.6) is 0 Å². The van der Waals surface area contributed by atoms with E-state index in [1.54, 1.807) is 11.3 Å². The predicted octanol–water partition coefficient (Wildman–Crippen LogP) is 2.97. The van der Waals surface area contributed by atoms with Gasteiger partial charge in [-0.15, -0.1) is 0 Å². The van der Waals surface area contributed by atoms with E-state index in [0.29, 0.717) is 12.1 Å². The number of carbonyl (C=O) groups is 1. The van der Waals surface area contributed by atoms with Crippen molar-refractivity contribution in [2.24, 2.45) is 0 Å². The number of carbonyl (C=O) groups excluding carboxylic acids is 1. The molecule has 2 fully saturated rings. The highest BCUT2D eigenvalue weighted by Crippen LogP contribution is 2.29. The van der Waals surface area contributed by atoms with Gasteiger partial charge < -0.3 is 10.2 Å². The molecule has 0 radical (unpaired) electrons. The third-order valence-electron chi connectivity index (χ3n) is 3.61. The monoisotopic (exact) mass is 250 g/mol. The summed E-state index contributed by atoms with van der Waals surface area (Å²) in [4.78, 5) is 14.2. The van der Waals surface area contributed by atoms with Crippen LogP contribution in [0.1, 0.15) is 37.7 Å². The molecule has 1 aromatic rings. The van der Waals surface area contributed by atoms with Gasteiger partial charge in [0.2, 0.25) is 0 Å². The molecule has 0 bridgehead atoms. The van der Waals surface area contributed by atoms with Gasteiger partial charge in [-0.1, -0.05) is 0 Å². The van der Waals surface area contributed by atoms with Gasteiger partial charge >= 0.3 is 6.03 Å². The van der Waals surface area contributed by atoms with Gasteiger partial charge in [0, 0.05) is 18.6 Å². The van der Waals surface area contributed by atoms with E-state index in [9.17, 15) is 4.79 Å². The highest BCUT2D eigenvalue weighted by Gasteiger charge is 2.34. The molecule has 1 heterocycles. The van der Waals surface area contributed by atoms with Crippen molar-refractivity contribution in [1.82, 2.24) is 10.2 Å². The number of amides is 2. The van der Waals surface area contributed by atoms with E-state index >= 15 is 0 Å². The third-order valence-corrected chi connectivity index (χ3v) is 4.35. The van der Waals surface area contributed by atoms with E-state index in [1.807, 2.05) is 4.90 Å². The van der Waals surface area contributed by atoms with Crippen LogP contribution in [0.3, 0.4) is 0 Å². The van der Waals surface area contributed by atoms with Crippen molar-refractivity contribution in [3.63, 3.8) is 0 Å². The Morgan fingerprint density at radius 1 is 1.41 bits per heavy atom. The number of rotatable bonds is 4. The Kier molecular flexibility index (Phi) is 3.05. The maximum absolute atomic E-state index is 12.2. The first-order valence-electron chi connectivity index (χ1n) is 6.41. The van der Waals surface area contributed by atoms with Crippen molar-refractivity contribution < 1.29 is 4.79 Å². The standard InChI is InChI=1S/C13H18N2OS/c16-13(14-11-2-1-3-11)15(12-4-5-12)8-10-6-7-17-9-10/h6-7,9,11-12H,1-5,8H2,(H,14,16). The van der Waals surface area contributed by atoms with Crippen molar-refractivity contribution in [2.75, 3.05) is 0 Å². The SMILES string of the molecule is O=C(NC1CCC1)N(Cc1ccsc1)C1CC1. The Morgan fingerprint density at radius 3 is 2.76 bits per heavy atom. The average Bonchev–Trinajstić information content (AvgIpc) is 2.98. The molecule has 0 aliphatic heterocycles. The van der Waals surface area contributed by atoms with Crippen LogP contribution < -0.4 is 5.32 Å². The maximum Gasteiger partial charge on any atom is 0.318 e. The zero-order valence-electron chi connectivity index (χ0n) is 9.89. The van der Waals surface area contributed by atoms with Crippen LogP contribution in [0, 0.1) is 0 Å². The van der Waals surface area contributed by atoms with Gasteiger partial charge in [0.25, 0.3) is 0 Å². The molecule has 0 spiro atoms. The topological polar surface area (TPSA) is 32.3 Å². The third kappa shape index (κ3) is 2.63. The molecule has 3 nitrogen and oxygen atoms in total. The molecular weight excluding hydrogens is 232 g/mol. The Morgan fingerprint density at radius 2 is 2.24 bits per heavy atom. The molecule has 2 aliphatic rings. The molecule has 2 aliphatic carbocycles. The zero-order valence-corrected chi connectivity index (χ0v) is 10.7. The van der Waals surface area contributed by atoms with Crippen LogP contribution in [0.4, 0.5) is 4.79 Å². The molecule has 1 aromatic heterocycles. The lowest BCUT2D eigenvalue weighted by Gasteiger charge is -2.30. The molecule has 1 N–H and O–H groups in total. The first kappa shape index (κ1) is 11.1. The van der Waals surface area contributed by atoms with Gasteiger partial charge in [-0.05, 0) is 54.5 Å². The zero-order chi connectivity index (χ0) is 11.7. The van der Waals surface area contributed by atoms with Crippen molar-refractivity contribution in [3.05, 3.63) is 22.4 Å². The van der Waals surface area contributed by atoms with Crippen molar-refractivity contribution >= 4 is 17.4 Å². The molecule has 4 heteroatoms. The van der Waals surface area contributed by atoms with Gasteiger partial charge in [0.05, 0.1) is 0 Å². The molecule has 92 valence electrons. The minimum Gasteiger partial charge on any atom is -0.335 e. The number of hydrogen-bond acceptors (Lipinski definition) is 2. The van der Waals surface area contributed by atoms with Crippen LogP contribution in [0.25, 0.3) is 0 Å². The Balaban J connectivity index is 1.60. The number of nitrogens with one attached hydrogen (secondary N) is 1. The summed E-state index contributed by atoms with van der Waals surface area (Å²) in [6.07, 6.45) is 5.91. The van der Waals surface area contributed by atoms with E-state index in [1.165, 1.54) is 24.8 Å². The average molecular weight is 250 g/mol. The molecule has 0 atom stereocenters. The number of urea groups is 1. The van der Waals surface area contributed by atoms with Crippen molar-refractivity contribution in [3.8, 4) is 0 Å². The van der Waals surface area contributed by atoms with Crippen LogP contribution >= 0.6 is 11.3 Å². The normalized spacial score (nSPS) is 19.8. The molecule has 2 saturated carbocycles. The Hall–Kier alpha value is -1.03. The summed E-state index contributed by atoms with van der Waals surface area (Å²) in [5.74, 6) is 0. The number of thiophene rings is 1. The summed E-state index contributed by atoms with van der Waals surface area (Å²) in [6, 6.07) is 3.17. The highest BCUT2D eigenvalue weighted by atomic mass is 32.1. The molecule has 0 aromatic carbocycles. The molecule has 3 rings (SSSR count). The van der Waals surface area contributed by atoms with E-state index < -0.39 is 0 Å². The van der Waals surface area contributed by atoms with Crippen LogP contribution in [0.15, 0.2) is 16.8 Å². The second-order valence-electron chi connectivity index (χ2n) is 5.07. The summed E-state index contributed by atoms with van der Waals surface area (Å²) in [5, 5.41) is 7.35. The summed E-state index contributed by atoms with van der Waals surface area (Å²) < 4.78 is 0. The van der Waals surface area contributed by atoms with E-state index in [4.69, 9.17) is 0 Å².